The molecule has 0 aromatic carbocycles. The zero-order chi connectivity index (χ0) is 13.9. The normalized spacial score (nSPS) is 18.5. The van der Waals surface area contributed by atoms with Crippen LogP contribution >= 0.6 is 0 Å². The summed E-state index contributed by atoms with van der Waals surface area (Å²) in [5.74, 6) is 0. The first kappa shape index (κ1) is 13.1. The number of nitrogens with zero attached hydrogens (tertiary/aromatic N) is 4. The van der Waals surface area contributed by atoms with Crippen LogP contribution in [0.3, 0.4) is 0 Å². The van der Waals surface area contributed by atoms with E-state index in [0.717, 1.165) is 0 Å². The van der Waals surface area contributed by atoms with Crippen molar-refractivity contribution < 1.29 is 18.0 Å². The van der Waals surface area contributed by atoms with E-state index in [2.05, 4.69) is 9.58 Å². The molecule has 0 fully saturated rings. The summed E-state index contributed by atoms with van der Waals surface area (Å²) in [7, 11) is -3.57. The molecule has 96 valence electrons. The maximum atomic E-state index is 12.3. The maximum Gasteiger partial charge on any atom is 0.295 e. The summed E-state index contributed by atoms with van der Waals surface area (Å²) in [6.45, 7) is 0. The average Bonchev–Trinajstić information content (AvgIpc) is 2.47. The maximum absolute atomic E-state index is 12.3. The van der Waals surface area contributed by atoms with Crippen molar-refractivity contribution >= 4 is 21.3 Å². The van der Waals surface area contributed by atoms with Crippen LogP contribution in [0, 0.1) is 0 Å². The Morgan fingerprint density at radius 2 is 1.26 bits per heavy atom. The summed E-state index contributed by atoms with van der Waals surface area (Å²) in [5, 5.41) is 0. The fourth-order valence-corrected chi connectivity index (χ4v) is 3.09. The van der Waals surface area contributed by atoms with Gasteiger partial charge in [-0.25, -0.2) is 8.42 Å². The molecule has 0 spiro atoms. The van der Waals surface area contributed by atoms with E-state index in [1.165, 1.54) is 36.5 Å². The van der Waals surface area contributed by atoms with Crippen LogP contribution in [0.5, 0.6) is 0 Å². The molecule has 0 N–H and O–H groups in total. The molecule has 6 nitrogen and oxygen atoms in total. The van der Waals surface area contributed by atoms with Crippen LogP contribution in [-0.2, 0) is 9.84 Å². The molecular weight excluding hydrogens is 264 g/mol. The monoisotopic (exact) mass is 274 g/mol. The third-order valence-electron chi connectivity index (χ3n) is 2.78. The molecule has 0 unspecified atom stereocenters. The lowest BCUT2D eigenvalue weighted by Crippen LogP contribution is -2.11. The van der Waals surface area contributed by atoms with Gasteiger partial charge in [-0.05, 0) is 12.2 Å². The fourth-order valence-electron chi connectivity index (χ4n) is 1.72. The second-order valence-corrected chi connectivity index (χ2v) is 5.92. The Balaban J connectivity index is 2.32. The van der Waals surface area contributed by atoms with Gasteiger partial charge in [-0.1, -0.05) is 12.2 Å². The molecular formula is C12H10N4O2S. The zero-order valence-corrected chi connectivity index (χ0v) is 10.7. The van der Waals surface area contributed by atoms with Crippen molar-refractivity contribution in [1.29, 1.82) is 0 Å². The van der Waals surface area contributed by atoms with Gasteiger partial charge in [-0.2, -0.15) is 9.58 Å². The van der Waals surface area contributed by atoms with Crippen molar-refractivity contribution in [2.75, 3.05) is 0 Å². The van der Waals surface area contributed by atoms with E-state index in [-0.39, 0.29) is 22.7 Å². The molecule has 0 saturated heterocycles. The molecule has 19 heavy (non-hydrogen) atoms. The van der Waals surface area contributed by atoms with E-state index in [4.69, 9.17) is 11.1 Å². The third kappa shape index (κ3) is 2.58. The Morgan fingerprint density at radius 1 is 0.842 bits per heavy atom. The van der Waals surface area contributed by atoms with Crippen LogP contribution < -0.4 is 0 Å². The topological polar surface area (TPSA) is 107 Å². The Hall–Kier alpha value is -2.33. The van der Waals surface area contributed by atoms with Crippen LogP contribution in [-0.4, -0.2) is 29.4 Å². The van der Waals surface area contributed by atoms with Gasteiger partial charge in [0, 0.05) is 12.2 Å². The third-order valence-corrected chi connectivity index (χ3v) is 4.63. The standard InChI is InChI=1S/C12H10N4O2S/c13-15-9-1-5-11(6-2-9)19(17,18)12-7-3-10(16-14)4-8-12/h1,3,5-8H,2,4H2. The lowest BCUT2D eigenvalue weighted by atomic mass is 10.1. The highest BCUT2D eigenvalue weighted by Crippen LogP contribution is 2.24. The van der Waals surface area contributed by atoms with Crippen LogP contribution in [0.15, 0.2) is 46.3 Å². The quantitative estimate of drug-likeness (QED) is 0.561. The van der Waals surface area contributed by atoms with E-state index in [0.29, 0.717) is 11.4 Å². The van der Waals surface area contributed by atoms with Crippen molar-refractivity contribution in [3.05, 3.63) is 57.3 Å². The summed E-state index contributed by atoms with van der Waals surface area (Å²) in [6, 6.07) is 0. The highest BCUT2D eigenvalue weighted by Gasteiger charge is 2.25. The average molecular weight is 274 g/mol. The summed E-state index contributed by atoms with van der Waals surface area (Å²) >= 11 is 0. The number of hydrogen-bond acceptors (Lipinski definition) is 2. The molecule has 0 amide bonds. The van der Waals surface area contributed by atoms with Gasteiger partial charge in [0.2, 0.25) is 9.84 Å². The lowest BCUT2D eigenvalue weighted by Gasteiger charge is -2.09. The largest absolute Gasteiger partial charge is 0.361 e. The molecule has 0 heterocycles. The highest BCUT2D eigenvalue weighted by atomic mass is 32.2. The van der Waals surface area contributed by atoms with Gasteiger partial charge in [0.25, 0.3) is 11.4 Å². The van der Waals surface area contributed by atoms with Crippen molar-refractivity contribution in [2.24, 2.45) is 0 Å². The molecule has 0 aromatic heterocycles. The molecule has 0 atom stereocenters. The molecule has 0 aliphatic heterocycles. The first-order valence-electron chi connectivity index (χ1n) is 5.51. The second kappa shape index (κ2) is 5.12. The second-order valence-electron chi connectivity index (χ2n) is 3.97. The Kier molecular flexibility index (Phi) is 3.53. The predicted octanol–water partition coefficient (Wildman–Crippen LogP) is 1.43. The predicted molar refractivity (Wildman–Crippen MR) is 69.9 cm³/mol. The SMILES string of the molecule is [N-]=[N+]=C1C=CC(S(=O)(=O)C2=CCC(=[N+]=[N-])C=C2)=CC1. The number of hydrogen-bond donors (Lipinski definition) is 0. The van der Waals surface area contributed by atoms with Gasteiger partial charge in [-0.3, -0.25) is 0 Å². The molecule has 2 rings (SSSR count). The van der Waals surface area contributed by atoms with Crippen LogP contribution in [0.4, 0.5) is 0 Å². The van der Waals surface area contributed by atoms with Gasteiger partial charge < -0.3 is 11.1 Å². The Labute approximate surface area is 110 Å². The smallest absolute Gasteiger partial charge is 0.295 e. The summed E-state index contributed by atoms with van der Waals surface area (Å²) in [4.78, 5) is 6.37. The molecule has 0 bridgehead atoms. The van der Waals surface area contributed by atoms with Gasteiger partial charge >= 0.3 is 0 Å². The van der Waals surface area contributed by atoms with E-state index in [1.807, 2.05) is 0 Å². The molecule has 0 aromatic rings. The van der Waals surface area contributed by atoms with Crippen LogP contribution in [0.2, 0.25) is 0 Å². The van der Waals surface area contributed by atoms with E-state index >= 15 is 0 Å². The number of sulfone groups is 1. The van der Waals surface area contributed by atoms with Crippen molar-refractivity contribution in [3.8, 4) is 0 Å². The number of rotatable bonds is 2. The van der Waals surface area contributed by atoms with E-state index < -0.39 is 9.84 Å². The molecule has 0 saturated carbocycles. The minimum atomic E-state index is -3.57. The van der Waals surface area contributed by atoms with E-state index in [9.17, 15) is 8.42 Å². The molecule has 2 aliphatic carbocycles. The number of allylic oxidation sites excluding steroid dienone is 6. The minimum absolute atomic E-state index is 0.167. The highest BCUT2D eigenvalue weighted by molar-refractivity contribution is 7.99. The van der Waals surface area contributed by atoms with Gasteiger partial charge in [0.05, 0.1) is 22.7 Å². The fraction of sp³-hybridized carbons (Fsp3) is 0.167. The Morgan fingerprint density at radius 3 is 1.53 bits per heavy atom. The van der Waals surface area contributed by atoms with Crippen LogP contribution in [0.25, 0.3) is 11.1 Å². The first-order valence-corrected chi connectivity index (χ1v) is 6.99. The van der Waals surface area contributed by atoms with E-state index in [1.54, 1.807) is 0 Å². The van der Waals surface area contributed by atoms with Crippen molar-refractivity contribution in [2.45, 2.75) is 12.8 Å². The lowest BCUT2D eigenvalue weighted by molar-refractivity contribution is -0.00585. The zero-order valence-electron chi connectivity index (χ0n) is 9.89. The molecule has 2 aliphatic rings. The summed E-state index contributed by atoms with van der Waals surface area (Å²) in [6.07, 6.45) is 9.24. The van der Waals surface area contributed by atoms with Gasteiger partial charge in [-0.15, -0.1) is 0 Å². The van der Waals surface area contributed by atoms with Crippen molar-refractivity contribution in [3.63, 3.8) is 0 Å². The molecule has 0 radical (unpaired) electrons. The summed E-state index contributed by atoms with van der Waals surface area (Å²) in [5.41, 5.74) is 18.0. The van der Waals surface area contributed by atoms with Gasteiger partial charge in [0.15, 0.2) is 0 Å². The van der Waals surface area contributed by atoms with Gasteiger partial charge in [0.1, 0.15) is 0 Å². The first-order chi connectivity index (χ1) is 9.07. The summed E-state index contributed by atoms with van der Waals surface area (Å²) < 4.78 is 24.6. The van der Waals surface area contributed by atoms with Crippen molar-refractivity contribution in [1.82, 2.24) is 0 Å². The Bertz CT molecular complexity index is 683. The molecule has 7 heteroatoms. The van der Waals surface area contributed by atoms with Crippen LogP contribution in [0.1, 0.15) is 12.8 Å². The minimum Gasteiger partial charge on any atom is -0.361 e.